The number of amides is 1. The molecule has 1 aromatic rings. The van der Waals surface area contributed by atoms with Crippen molar-refractivity contribution in [2.45, 2.75) is 16.4 Å². The van der Waals surface area contributed by atoms with E-state index in [0.29, 0.717) is 6.61 Å². The zero-order valence-corrected chi connectivity index (χ0v) is 13.4. The van der Waals surface area contributed by atoms with Gasteiger partial charge in [0.2, 0.25) is 3.79 Å². The van der Waals surface area contributed by atoms with Crippen LogP contribution >= 0.6 is 34.8 Å². The lowest BCUT2D eigenvalue weighted by Crippen LogP contribution is -2.41. The standard InChI is InChI=1S/C13H16Cl3NO4/c14-13(15,16)9-21-12(19)17-11(6-18)8-20-7-10-4-2-1-3-5-10/h1-5,11,18H,6-9H2,(H,17,19)/t11-/m0/s1. The molecule has 0 bridgehead atoms. The molecule has 118 valence electrons. The summed E-state index contributed by atoms with van der Waals surface area (Å²) in [5, 5.41) is 11.6. The first kappa shape index (κ1) is 18.3. The Morgan fingerprint density at radius 1 is 1.29 bits per heavy atom. The van der Waals surface area contributed by atoms with E-state index in [2.05, 4.69) is 5.32 Å². The summed E-state index contributed by atoms with van der Waals surface area (Å²) < 4.78 is 8.43. The number of hydrogen-bond acceptors (Lipinski definition) is 4. The van der Waals surface area contributed by atoms with Gasteiger partial charge in [-0.05, 0) is 5.56 Å². The Kier molecular flexibility index (Phi) is 8.14. The summed E-state index contributed by atoms with van der Waals surface area (Å²) in [6, 6.07) is 8.93. The van der Waals surface area contributed by atoms with Crippen molar-refractivity contribution in [3.05, 3.63) is 35.9 Å². The fourth-order valence-electron chi connectivity index (χ4n) is 1.39. The summed E-state index contributed by atoms with van der Waals surface area (Å²) in [6.07, 6.45) is -0.788. The molecule has 1 amide bonds. The molecule has 0 spiro atoms. The molecule has 0 aliphatic carbocycles. The van der Waals surface area contributed by atoms with Crippen LogP contribution in [0.15, 0.2) is 30.3 Å². The van der Waals surface area contributed by atoms with Crippen molar-refractivity contribution >= 4 is 40.9 Å². The van der Waals surface area contributed by atoms with Crippen LogP contribution in [0.25, 0.3) is 0 Å². The monoisotopic (exact) mass is 355 g/mol. The second kappa shape index (κ2) is 9.33. The molecule has 0 aromatic heterocycles. The van der Waals surface area contributed by atoms with Gasteiger partial charge in [0.15, 0.2) is 0 Å². The molecule has 0 unspecified atom stereocenters. The highest BCUT2D eigenvalue weighted by molar-refractivity contribution is 6.67. The van der Waals surface area contributed by atoms with Crippen LogP contribution in [0.5, 0.6) is 0 Å². The Morgan fingerprint density at radius 2 is 1.95 bits per heavy atom. The second-order valence-corrected chi connectivity index (χ2v) is 6.73. The fourth-order valence-corrected chi connectivity index (χ4v) is 1.55. The van der Waals surface area contributed by atoms with Gasteiger partial charge in [-0.15, -0.1) is 0 Å². The van der Waals surface area contributed by atoms with Crippen molar-refractivity contribution in [2.75, 3.05) is 19.8 Å². The van der Waals surface area contributed by atoms with Crippen molar-refractivity contribution in [1.82, 2.24) is 5.32 Å². The minimum absolute atomic E-state index is 0.133. The molecule has 0 radical (unpaired) electrons. The van der Waals surface area contributed by atoms with E-state index in [9.17, 15) is 9.90 Å². The molecular weight excluding hydrogens is 341 g/mol. The highest BCUT2D eigenvalue weighted by Crippen LogP contribution is 2.25. The molecule has 8 heteroatoms. The van der Waals surface area contributed by atoms with Crippen molar-refractivity contribution in [3.8, 4) is 0 Å². The van der Waals surface area contributed by atoms with Gasteiger partial charge in [-0.25, -0.2) is 4.79 Å². The van der Waals surface area contributed by atoms with Gasteiger partial charge >= 0.3 is 6.09 Å². The first-order chi connectivity index (χ1) is 9.90. The van der Waals surface area contributed by atoms with Crippen LogP contribution in [0.2, 0.25) is 0 Å². The number of alkyl halides is 3. The van der Waals surface area contributed by atoms with Crippen LogP contribution in [0.3, 0.4) is 0 Å². The normalized spacial score (nSPS) is 12.8. The topological polar surface area (TPSA) is 67.8 Å². The number of alkyl carbamates (subject to hydrolysis) is 1. The molecule has 2 N–H and O–H groups in total. The molecule has 0 heterocycles. The zero-order chi connectivity index (χ0) is 15.7. The van der Waals surface area contributed by atoms with E-state index in [1.54, 1.807) is 0 Å². The number of nitrogens with one attached hydrogen (secondary N) is 1. The molecule has 0 aliphatic heterocycles. The SMILES string of the molecule is O=C(N[C@@H](CO)COCc1ccccc1)OCC(Cl)(Cl)Cl. The van der Waals surface area contributed by atoms with E-state index in [1.165, 1.54) is 0 Å². The lowest BCUT2D eigenvalue weighted by Gasteiger charge is -2.17. The van der Waals surface area contributed by atoms with Crippen LogP contribution in [-0.2, 0) is 16.1 Å². The highest BCUT2D eigenvalue weighted by Gasteiger charge is 2.23. The van der Waals surface area contributed by atoms with E-state index in [0.717, 1.165) is 5.56 Å². The second-order valence-electron chi connectivity index (χ2n) is 4.22. The molecular formula is C13H16Cl3NO4. The summed E-state index contributed by atoms with van der Waals surface area (Å²) >= 11 is 16.4. The maximum Gasteiger partial charge on any atom is 0.407 e. The summed E-state index contributed by atoms with van der Waals surface area (Å²) in [5.74, 6) is 0. The Balaban J connectivity index is 2.26. The number of carbonyl (C=O) groups is 1. The molecule has 1 atom stereocenters. The van der Waals surface area contributed by atoms with Crippen LogP contribution in [0, 0.1) is 0 Å². The summed E-state index contributed by atoms with van der Waals surface area (Å²) in [7, 11) is 0. The van der Waals surface area contributed by atoms with E-state index in [-0.39, 0.29) is 19.8 Å². The fraction of sp³-hybridized carbons (Fsp3) is 0.462. The van der Waals surface area contributed by atoms with Gasteiger partial charge in [0.25, 0.3) is 0 Å². The van der Waals surface area contributed by atoms with Crippen LogP contribution < -0.4 is 5.32 Å². The van der Waals surface area contributed by atoms with E-state index < -0.39 is 15.9 Å². The van der Waals surface area contributed by atoms with Crippen LogP contribution in [0.1, 0.15) is 5.56 Å². The number of aliphatic hydroxyl groups is 1. The first-order valence-electron chi connectivity index (χ1n) is 6.13. The summed E-state index contributed by atoms with van der Waals surface area (Å²) in [5.41, 5.74) is 0.993. The average Bonchev–Trinajstić information content (AvgIpc) is 2.44. The Labute approximate surface area is 138 Å². The molecule has 0 aliphatic rings. The predicted molar refractivity (Wildman–Crippen MR) is 81.7 cm³/mol. The van der Waals surface area contributed by atoms with Crippen molar-refractivity contribution in [2.24, 2.45) is 0 Å². The number of aliphatic hydroxyl groups excluding tert-OH is 1. The Bertz CT molecular complexity index is 425. The van der Waals surface area contributed by atoms with Crippen LogP contribution in [0.4, 0.5) is 4.79 Å². The quantitative estimate of drug-likeness (QED) is 0.737. The molecule has 1 aromatic carbocycles. The Hall–Kier alpha value is -0.720. The van der Waals surface area contributed by atoms with Gasteiger partial charge in [0.05, 0.1) is 25.9 Å². The molecule has 0 fully saturated rings. The number of ether oxygens (including phenoxy) is 2. The van der Waals surface area contributed by atoms with Crippen molar-refractivity contribution in [3.63, 3.8) is 0 Å². The van der Waals surface area contributed by atoms with E-state index in [4.69, 9.17) is 44.3 Å². The number of hydrogen-bond donors (Lipinski definition) is 2. The number of halogens is 3. The largest absolute Gasteiger partial charge is 0.445 e. The summed E-state index contributed by atoms with van der Waals surface area (Å²) in [6.45, 7) is -0.166. The molecule has 0 saturated carbocycles. The lowest BCUT2D eigenvalue weighted by molar-refractivity contribution is 0.0721. The lowest BCUT2D eigenvalue weighted by atomic mass is 10.2. The van der Waals surface area contributed by atoms with Crippen molar-refractivity contribution < 1.29 is 19.4 Å². The van der Waals surface area contributed by atoms with Gasteiger partial charge in [-0.3, -0.25) is 0 Å². The van der Waals surface area contributed by atoms with Gasteiger partial charge in [-0.2, -0.15) is 0 Å². The molecule has 5 nitrogen and oxygen atoms in total. The van der Waals surface area contributed by atoms with Crippen LogP contribution in [-0.4, -0.2) is 40.9 Å². The van der Waals surface area contributed by atoms with E-state index in [1.807, 2.05) is 30.3 Å². The van der Waals surface area contributed by atoms with Gasteiger partial charge < -0.3 is 19.9 Å². The maximum absolute atomic E-state index is 11.4. The zero-order valence-electron chi connectivity index (χ0n) is 11.1. The Morgan fingerprint density at radius 3 is 2.52 bits per heavy atom. The maximum atomic E-state index is 11.4. The number of rotatable bonds is 7. The molecule has 0 saturated heterocycles. The smallest absolute Gasteiger partial charge is 0.407 e. The third-order valence-corrected chi connectivity index (χ3v) is 2.67. The minimum atomic E-state index is -1.67. The van der Waals surface area contributed by atoms with Crippen molar-refractivity contribution in [1.29, 1.82) is 0 Å². The highest BCUT2D eigenvalue weighted by atomic mass is 35.6. The number of carbonyl (C=O) groups excluding carboxylic acids is 1. The van der Waals surface area contributed by atoms with Gasteiger partial charge in [-0.1, -0.05) is 65.1 Å². The minimum Gasteiger partial charge on any atom is -0.445 e. The molecule has 1 rings (SSSR count). The average molecular weight is 357 g/mol. The third kappa shape index (κ3) is 9.01. The molecule has 21 heavy (non-hydrogen) atoms. The predicted octanol–water partition coefficient (Wildman–Crippen LogP) is 2.66. The summed E-state index contributed by atoms with van der Waals surface area (Å²) in [4.78, 5) is 11.4. The van der Waals surface area contributed by atoms with Gasteiger partial charge in [0, 0.05) is 0 Å². The van der Waals surface area contributed by atoms with Gasteiger partial charge in [0.1, 0.15) is 6.61 Å². The van der Waals surface area contributed by atoms with E-state index >= 15 is 0 Å². The number of benzene rings is 1. The first-order valence-corrected chi connectivity index (χ1v) is 7.26. The third-order valence-electron chi connectivity index (χ3n) is 2.34.